The van der Waals surface area contributed by atoms with Crippen molar-refractivity contribution < 1.29 is 9.47 Å². The van der Waals surface area contributed by atoms with Crippen LogP contribution in [-0.2, 0) is 9.47 Å². The predicted octanol–water partition coefficient (Wildman–Crippen LogP) is 1.64. The van der Waals surface area contributed by atoms with Gasteiger partial charge in [-0.25, -0.2) is 0 Å². The summed E-state index contributed by atoms with van der Waals surface area (Å²) in [6.07, 6.45) is 4.55. The summed E-state index contributed by atoms with van der Waals surface area (Å²) in [6, 6.07) is 1.25. The first-order chi connectivity index (χ1) is 9.11. The van der Waals surface area contributed by atoms with E-state index in [1.54, 1.807) is 0 Å². The van der Waals surface area contributed by atoms with E-state index in [0.29, 0.717) is 12.1 Å². The van der Waals surface area contributed by atoms with Crippen molar-refractivity contribution in [3.05, 3.63) is 0 Å². The van der Waals surface area contributed by atoms with Crippen LogP contribution >= 0.6 is 0 Å². The summed E-state index contributed by atoms with van der Waals surface area (Å²) < 4.78 is 11.5. The molecule has 4 nitrogen and oxygen atoms in total. The minimum atomic E-state index is 0.0324. The second-order valence-electron chi connectivity index (χ2n) is 6.41. The van der Waals surface area contributed by atoms with E-state index >= 15 is 0 Å². The Kier molecular flexibility index (Phi) is 5.63. The molecule has 2 aliphatic heterocycles. The Bertz CT molecular complexity index is 265. The summed E-state index contributed by atoms with van der Waals surface area (Å²) in [5.74, 6) is 0. The lowest BCUT2D eigenvalue weighted by Crippen LogP contribution is -2.48. The number of hydrogen-bond donors (Lipinski definition) is 1. The molecule has 19 heavy (non-hydrogen) atoms. The lowest BCUT2D eigenvalue weighted by atomic mass is 9.89. The van der Waals surface area contributed by atoms with Crippen LogP contribution in [-0.4, -0.2) is 62.5 Å². The molecule has 2 unspecified atom stereocenters. The molecule has 1 spiro atoms. The summed E-state index contributed by atoms with van der Waals surface area (Å²) in [6.45, 7) is 9.31. The molecule has 0 saturated carbocycles. The smallest absolute Gasteiger partial charge is 0.0951 e. The minimum Gasteiger partial charge on any atom is -0.378 e. The van der Waals surface area contributed by atoms with E-state index in [-0.39, 0.29) is 5.60 Å². The predicted molar refractivity (Wildman–Crippen MR) is 77.5 cm³/mol. The molecule has 0 aliphatic carbocycles. The van der Waals surface area contributed by atoms with Gasteiger partial charge >= 0.3 is 0 Å². The van der Waals surface area contributed by atoms with Crippen molar-refractivity contribution in [1.82, 2.24) is 10.2 Å². The zero-order chi connectivity index (χ0) is 13.7. The van der Waals surface area contributed by atoms with Crippen LogP contribution in [0.2, 0.25) is 0 Å². The zero-order valence-corrected chi connectivity index (χ0v) is 12.8. The number of ether oxygens (including phenoxy) is 2. The molecule has 2 fully saturated rings. The molecule has 112 valence electrons. The van der Waals surface area contributed by atoms with Crippen LogP contribution in [0, 0.1) is 0 Å². The van der Waals surface area contributed by atoms with Crippen LogP contribution in [0.5, 0.6) is 0 Å². The average molecular weight is 270 g/mol. The maximum absolute atomic E-state index is 5.96. The van der Waals surface area contributed by atoms with E-state index in [1.165, 1.54) is 13.0 Å². The van der Waals surface area contributed by atoms with Crippen molar-refractivity contribution in [2.24, 2.45) is 0 Å². The summed E-state index contributed by atoms with van der Waals surface area (Å²) in [7, 11) is 2.20. The van der Waals surface area contributed by atoms with Crippen molar-refractivity contribution in [2.45, 2.75) is 57.2 Å². The van der Waals surface area contributed by atoms with E-state index in [2.05, 4.69) is 31.1 Å². The molecule has 2 aliphatic rings. The first kappa shape index (κ1) is 15.2. The van der Waals surface area contributed by atoms with Gasteiger partial charge in [0.1, 0.15) is 0 Å². The second kappa shape index (κ2) is 7.02. The molecule has 2 heterocycles. The second-order valence-corrected chi connectivity index (χ2v) is 6.41. The van der Waals surface area contributed by atoms with Gasteiger partial charge in [0, 0.05) is 31.7 Å². The van der Waals surface area contributed by atoms with Gasteiger partial charge in [-0.15, -0.1) is 0 Å². The van der Waals surface area contributed by atoms with Crippen molar-refractivity contribution in [2.75, 3.05) is 40.0 Å². The van der Waals surface area contributed by atoms with Crippen LogP contribution < -0.4 is 5.32 Å². The van der Waals surface area contributed by atoms with Crippen molar-refractivity contribution >= 4 is 0 Å². The van der Waals surface area contributed by atoms with Gasteiger partial charge in [0.05, 0.1) is 12.2 Å². The third-order valence-electron chi connectivity index (χ3n) is 4.56. The van der Waals surface area contributed by atoms with Gasteiger partial charge < -0.3 is 19.7 Å². The summed E-state index contributed by atoms with van der Waals surface area (Å²) in [5, 5.41) is 3.70. The zero-order valence-electron chi connectivity index (χ0n) is 12.8. The van der Waals surface area contributed by atoms with Crippen LogP contribution in [0.4, 0.5) is 0 Å². The largest absolute Gasteiger partial charge is 0.378 e. The molecule has 0 aromatic rings. The molecule has 1 N–H and O–H groups in total. The Balaban J connectivity index is 1.63. The SMILES string of the molecule is CC(C)N(C)CCCNC1CCOC2(CCOC2)C1. The van der Waals surface area contributed by atoms with E-state index in [9.17, 15) is 0 Å². The van der Waals surface area contributed by atoms with E-state index < -0.39 is 0 Å². The van der Waals surface area contributed by atoms with E-state index in [1.807, 2.05) is 0 Å². The third kappa shape index (κ3) is 4.42. The highest BCUT2D eigenvalue weighted by atomic mass is 16.6. The number of nitrogens with one attached hydrogen (secondary N) is 1. The van der Waals surface area contributed by atoms with E-state index in [4.69, 9.17) is 9.47 Å². The lowest BCUT2D eigenvalue weighted by Gasteiger charge is -2.37. The maximum atomic E-state index is 5.96. The first-order valence-corrected chi connectivity index (χ1v) is 7.77. The maximum Gasteiger partial charge on any atom is 0.0951 e. The molecule has 2 rings (SSSR count). The first-order valence-electron chi connectivity index (χ1n) is 7.77. The van der Waals surface area contributed by atoms with Crippen LogP contribution in [0.15, 0.2) is 0 Å². The molecule has 0 radical (unpaired) electrons. The van der Waals surface area contributed by atoms with Gasteiger partial charge in [-0.2, -0.15) is 0 Å². The van der Waals surface area contributed by atoms with Gasteiger partial charge in [0.2, 0.25) is 0 Å². The molecule has 0 bridgehead atoms. The Labute approximate surface area is 117 Å². The van der Waals surface area contributed by atoms with Crippen LogP contribution in [0.3, 0.4) is 0 Å². The Morgan fingerprint density at radius 2 is 2.21 bits per heavy atom. The Hall–Kier alpha value is -0.160. The fourth-order valence-corrected chi connectivity index (χ4v) is 2.96. The lowest BCUT2D eigenvalue weighted by molar-refractivity contribution is -0.0892. The topological polar surface area (TPSA) is 33.7 Å². The average Bonchev–Trinajstić information content (AvgIpc) is 2.82. The Morgan fingerprint density at radius 3 is 2.89 bits per heavy atom. The van der Waals surface area contributed by atoms with E-state index in [0.717, 1.165) is 45.6 Å². The molecule has 0 aromatic heterocycles. The number of nitrogens with zero attached hydrogens (tertiary/aromatic N) is 1. The molecule has 0 amide bonds. The normalized spacial score (nSPS) is 31.7. The van der Waals surface area contributed by atoms with Crippen molar-refractivity contribution in [3.8, 4) is 0 Å². The standard InChI is InChI=1S/C15H30N2O2/c1-13(2)17(3)8-4-7-16-14-5-9-19-15(11-14)6-10-18-12-15/h13-14,16H,4-12H2,1-3H3. The van der Waals surface area contributed by atoms with Gasteiger partial charge in [-0.3, -0.25) is 0 Å². The highest BCUT2D eigenvalue weighted by Crippen LogP contribution is 2.32. The molecule has 2 atom stereocenters. The number of hydrogen-bond acceptors (Lipinski definition) is 4. The number of rotatable bonds is 6. The van der Waals surface area contributed by atoms with Gasteiger partial charge in [-0.05, 0) is 53.2 Å². The molecule has 4 heteroatoms. The molecule has 2 saturated heterocycles. The Morgan fingerprint density at radius 1 is 1.37 bits per heavy atom. The van der Waals surface area contributed by atoms with Crippen molar-refractivity contribution in [1.29, 1.82) is 0 Å². The minimum absolute atomic E-state index is 0.0324. The van der Waals surface area contributed by atoms with Crippen LogP contribution in [0.25, 0.3) is 0 Å². The third-order valence-corrected chi connectivity index (χ3v) is 4.56. The summed E-state index contributed by atoms with van der Waals surface area (Å²) >= 11 is 0. The molecule has 0 aromatic carbocycles. The quantitative estimate of drug-likeness (QED) is 0.744. The van der Waals surface area contributed by atoms with Gasteiger partial charge in [0.15, 0.2) is 0 Å². The highest BCUT2D eigenvalue weighted by Gasteiger charge is 2.40. The van der Waals surface area contributed by atoms with Gasteiger partial charge in [-0.1, -0.05) is 0 Å². The monoisotopic (exact) mass is 270 g/mol. The van der Waals surface area contributed by atoms with Crippen molar-refractivity contribution in [3.63, 3.8) is 0 Å². The fourth-order valence-electron chi connectivity index (χ4n) is 2.96. The summed E-state index contributed by atoms with van der Waals surface area (Å²) in [5.41, 5.74) is 0.0324. The molecular weight excluding hydrogens is 240 g/mol. The fraction of sp³-hybridized carbons (Fsp3) is 1.00. The highest BCUT2D eigenvalue weighted by molar-refractivity contribution is 4.92. The molecular formula is C15H30N2O2. The summed E-state index contributed by atoms with van der Waals surface area (Å²) in [4.78, 5) is 2.40. The van der Waals surface area contributed by atoms with Crippen LogP contribution in [0.1, 0.15) is 39.5 Å². The van der Waals surface area contributed by atoms with Gasteiger partial charge in [0.25, 0.3) is 0 Å².